The highest BCUT2D eigenvalue weighted by atomic mass is 79.9. The van der Waals surface area contributed by atoms with Crippen LogP contribution in [-0.2, 0) is 11.9 Å². The smallest absolute Gasteiger partial charge is 0.126 e. The summed E-state index contributed by atoms with van der Waals surface area (Å²) in [6, 6.07) is 9.60. The number of benzene rings is 2. The van der Waals surface area contributed by atoms with Crippen molar-refractivity contribution < 1.29 is 4.74 Å². The van der Waals surface area contributed by atoms with Gasteiger partial charge in [-0.2, -0.15) is 0 Å². The first-order valence-corrected chi connectivity index (χ1v) is 8.60. The maximum atomic E-state index is 6.00. The molecule has 0 unspecified atom stereocenters. The van der Waals surface area contributed by atoms with Crippen LogP contribution in [0.25, 0.3) is 0 Å². The lowest BCUT2D eigenvalue weighted by molar-refractivity contribution is 0.302. The number of hydrogen-bond donors (Lipinski definition) is 0. The van der Waals surface area contributed by atoms with Gasteiger partial charge in [-0.05, 0) is 42.3 Å². The molecule has 0 bridgehead atoms. The van der Waals surface area contributed by atoms with Crippen LogP contribution in [0.4, 0.5) is 0 Å². The molecular formula is C15H12Br2Cl2O. The standard InChI is InChI=1S/C15H12Br2Cl2O/c1-9-4-12(17)6-11(7-16)15(9)20-8-10-2-3-13(18)14(19)5-10/h2-6H,7-8H2,1H3. The molecule has 2 aromatic rings. The second-order valence-corrected chi connectivity index (χ2v) is 6.67. The first-order chi connectivity index (χ1) is 9.51. The van der Waals surface area contributed by atoms with Crippen LogP contribution in [0, 0.1) is 6.92 Å². The van der Waals surface area contributed by atoms with E-state index in [0.717, 1.165) is 32.2 Å². The van der Waals surface area contributed by atoms with Crippen molar-refractivity contribution in [1.29, 1.82) is 0 Å². The van der Waals surface area contributed by atoms with E-state index in [1.54, 1.807) is 6.07 Å². The number of rotatable bonds is 4. The minimum Gasteiger partial charge on any atom is -0.488 e. The molecular weight excluding hydrogens is 427 g/mol. The summed E-state index contributed by atoms with van der Waals surface area (Å²) in [4.78, 5) is 0. The molecule has 0 aliphatic rings. The van der Waals surface area contributed by atoms with Crippen LogP contribution < -0.4 is 4.74 Å². The van der Waals surface area contributed by atoms with E-state index in [1.165, 1.54) is 0 Å². The second-order valence-electron chi connectivity index (χ2n) is 4.38. The van der Waals surface area contributed by atoms with Crippen molar-refractivity contribution in [3.05, 3.63) is 61.5 Å². The maximum absolute atomic E-state index is 6.00. The van der Waals surface area contributed by atoms with Crippen LogP contribution in [0.5, 0.6) is 5.75 Å². The highest BCUT2D eigenvalue weighted by Crippen LogP contribution is 2.31. The lowest BCUT2D eigenvalue weighted by Crippen LogP contribution is -2.00. The number of hydrogen-bond acceptors (Lipinski definition) is 1. The lowest BCUT2D eigenvalue weighted by Gasteiger charge is -2.14. The van der Waals surface area contributed by atoms with Crippen molar-refractivity contribution in [2.24, 2.45) is 0 Å². The van der Waals surface area contributed by atoms with E-state index >= 15 is 0 Å². The van der Waals surface area contributed by atoms with Gasteiger partial charge in [0.15, 0.2) is 0 Å². The Morgan fingerprint density at radius 3 is 2.50 bits per heavy atom. The van der Waals surface area contributed by atoms with Gasteiger partial charge >= 0.3 is 0 Å². The van der Waals surface area contributed by atoms with Gasteiger partial charge in [-0.15, -0.1) is 0 Å². The van der Waals surface area contributed by atoms with Gasteiger partial charge in [0.05, 0.1) is 10.0 Å². The van der Waals surface area contributed by atoms with E-state index in [0.29, 0.717) is 16.7 Å². The van der Waals surface area contributed by atoms with Crippen LogP contribution in [0.1, 0.15) is 16.7 Å². The fourth-order valence-corrected chi connectivity index (χ4v) is 3.25. The van der Waals surface area contributed by atoms with Crippen LogP contribution >= 0.6 is 55.1 Å². The second kappa shape index (κ2) is 7.17. The monoisotopic (exact) mass is 436 g/mol. The van der Waals surface area contributed by atoms with E-state index in [2.05, 4.69) is 31.9 Å². The molecule has 5 heteroatoms. The third-order valence-electron chi connectivity index (χ3n) is 2.83. The van der Waals surface area contributed by atoms with Crippen molar-refractivity contribution >= 4 is 55.1 Å². The van der Waals surface area contributed by atoms with Gasteiger partial charge in [0.25, 0.3) is 0 Å². The van der Waals surface area contributed by atoms with Crippen LogP contribution in [0.15, 0.2) is 34.8 Å². The molecule has 20 heavy (non-hydrogen) atoms. The van der Waals surface area contributed by atoms with Crippen molar-refractivity contribution in [2.45, 2.75) is 18.9 Å². The first-order valence-electron chi connectivity index (χ1n) is 5.93. The fourth-order valence-electron chi connectivity index (χ4n) is 1.89. The van der Waals surface area contributed by atoms with Gasteiger partial charge in [-0.25, -0.2) is 0 Å². The molecule has 0 saturated carbocycles. The van der Waals surface area contributed by atoms with Crippen molar-refractivity contribution in [1.82, 2.24) is 0 Å². The zero-order valence-electron chi connectivity index (χ0n) is 10.7. The molecule has 0 N–H and O–H groups in total. The highest BCUT2D eigenvalue weighted by molar-refractivity contribution is 9.10. The summed E-state index contributed by atoms with van der Waals surface area (Å²) in [6.45, 7) is 2.49. The Hall–Kier alpha value is -0.220. The Balaban J connectivity index is 2.20. The molecule has 0 saturated heterocycles. The molecule has 0 radical (unpaired) electrons. The van der Waals surface area contributed by atoms with E-state index in [9.17, 15) is 0 Å². The zero-order valence-corrected chi connectivity index (χ0v) is 15.4. The number of ether oxygens (including phenoxy) is 1. The molecule has 106 valence electrons. The maximum Gasteiger partial charge on any atom is 0.126 e. The van der Waals surface area contributed by atoms with E-state index in [1.807, 2.05) is 31.2 Å². The quantitative estimate of drug-likeness (QED) is 0.492. The topological polar surface area (TPSA) is 9.23 Å². The Bertz CT molecular complexity index is 630. The summed E-state index contributed by atoms with van der Waals surface area (Å²) in [5, 5.41) is 1.83. The predicted octanol–water partition coefficient (Wildman–Crippen LogP) is 6.54. The van der Waals surface area contributed by atoms with E-state index in [-0.39, 0.29) is 0 Å². The molecule has 0 fully saturated rings. The summed E-state index contributed by atoms with van der Waals surface area (Å²) in [6.07, 6.45) is 0. The minimum atomic E-state index is 0.458. The highest BCUT2D eigenvalue weighted by Gasteiger charge is 2.09. The Labute approximate surface area is 145 Å². The first kappa shape index (κ1) is 16.2. The van der Waals surface area contributed by atoms with Crippen molar-refractivity contribution in [2.75, 3.05) is 0 Å². The summed E-state index contributed by atoms with van der Waals surface area (Å²) in [5.41, 5.74) is 3.19. The molecule has 0 heterocycles. The zero-order chi connectivity index (χ0) is 14.7. The molecule has 2 aromatic carbocycles. The summed E-state index contributed by atoms with van der Waals surface area (Å²) < 4.78 is 6.99. The molecule has 0 aliphatic carbocycles. The predicted molar refractivity (Wildman–Crippen MR) is 92.3 cm³/mol. The van der Waals surface area contributed by atoms with Crippen LogP contribution in [-0.4, -0.2) is 0 Å². The largest absolute Gasteiger partial charge is 0.488 e. The summed E-state index contributed by atoms with van der Waals surface area (Å²) in [5.74, 6) is 0.899. The van der Waals surface area contributed by atoms with Gasteiger partial charge in [-0.3, -0.25) is 0 Å². The normalized spacial score (nSPS) is 10.7. The van der Waals surface area contributed by atoms with Gasteiger partial charge in [-0.1, -0.05) is 61.1 Å². The molecule has 0 spiro atoms. The van der Waals surface area contributed by atoms with Crippen LogP contribution in [0.3, 0.4) is 0 Å². The molecule has 0 aromatic heterocycles. The van der Waals surface area contributed by atoms with Crippen molar-refractivity contribution in [3.8, 4) is 5.75 Å². The van der Waals surface area contributed by atoms with Gasteiger partial charge in [0.2, 0.25) is 0 Å². The molecule has 1 nitrogen and oxygen atoms in total. The third-order valence-corrected chi connectivity index (χ3v) is 4.63. The van der Waals surface area contributed by atoms with Gasteiger partial charge < -0.3 is 4.74 Å². The number of aryl methyl sites for hydroxylation is 1. The molecule has 0 amide bonds. The SMILES string of the molecule is Cc1cc(Br)cc(CBr)c1OCc1ccc(Cl)c(Cl)c1. The number of halogens is 4. The molecule has 2 rings (SSSR count). The lowest BCUT2D eigenvalue weighted by atomic mass is 10.1. The van der Waals surface area contributed by atoms with Gasteiger partial charge in [0.1, 0.15) is 12.4 Å². The minimum absolute atomic E-state index is 0.458. The molecule has 0 atom stereocenters. The van der Waals surface area contributed by atoms with Crippen LogP contribution in [0.2, 0.25) is 10.0 Å². The molecule has 0 aliphatic heterocycles. The van der Waals surface area contributed by atoms with E-state index < -0.39 is 0 Å². The fraction of sp³-hybridized carbons (Fsp3) is 0.200. The Morgan fingerprint density at radius 1 is 1.10 bits per heavy atom. The Kier molecular flexibility index (Phi) is 5.79. The summed E-state index contributed by atoms with van der Waals surface area (Å²) >= 11 is 18.9. The number of alkyl halides is 1. The average Bonchev–Trinajstić information content (AvgIpc) is 2.40. The summed E-state index contributed by atoms with van der Waals surface area (Å²) in [7, 11) is 0. The van der Waals surface area contributed by atoms with Gasteiger partial charge in [0, 0.05) is 15.4 Å². The average molecular weight is 439 g/mol. The third kappa shape index (κ3) is 3.91. The van der Waals surface area contributed by atoms with Crippen molar-refractivity contribution in [3.63, 3.8) is 0 Å². The Morgan fingerprint density at radius 2 is 1.85 bits per heavy atom. The van der Waals surface area contributed by atoms with E-state index in [4.69, 9.17) is 27.9 Å².